The van der Waals surface area contributed by atoms with Crippen molar-refractivity contribution in [3.8, 4) is 11.8 Å². The van der Waals surface area contributed by atoms with Crippen LogP contribution in [0.4, 0.5) is 13.2 Å². The Morgan fingerprint density at radius 1 is 1.18 bits per heavy atom. The zero-order chi connectivity index (χ0) is 16.7. The summed E-state index contributed by atoms with van der Waals surface area (Å²) >= 11 is 0. The Hall–Kier alpha value is -2.82. The highest BCUT2D eigenvalue weighted by Gasteiger charge is 2.35. The quantitative estimate of drug-likeness (QED) is 0.805. The van der Waals surface area contributed by atoms with Crippen LogP contribution in [-0.2, 0) is 13.2 Å². The van der Waals surface area contributed by atoms with Crippen LogP contribution in [0.3, 0.4) is 0 Å². The van der Waals surface area contributed by atoms with Gasteiger partial charge in [0.25, 0.3) is 5.56 Å². The van der Waals surface area contributed by atoms with Crippen LogP contribution < -0.4 is 11.2 Å². The van der Waals surface area contributed by atoms with E-state index in [9.17, 15) is 22.8 Å². The van der Waals surface area contributed by atoms with Gasteiger partial charge in [0.15, 0.2) is 0 Å². The van der Waals surface area contributed by atoms with Crippen LogP contribution in [0.2, 0.25) is 0 Å². The van der Waals surface area contributed by atoms with Gasteiger partial charge in [-0.2, -0.15) is 18.4 Å². The lowest BCUT2D eigenvalue weighted by Crippen LogP contribution is -2.40. The van der Waals surface area contributed by atoms with Crippen molar-refractivity contribution in [2.45, 2.75) is 13.1 Å². The van der Waals surface area contributed by atoms with E-state index in [4.69, 9.17) is 5.26 Å². The average Bonchev–Trinajstić information content (AvgIpc) is 2.42. The Labute approximate surface area is 122 Å². The number of nitrogens with zero attached hydrogens (tertiary/aromatic N) is 3. The molecule has 0 atom stereocenters. The molecule has 0 bridgehead atoms. The molecule has 22 heavy (non-hydrogen) atoms. The first-order valence-electron chi connectivity index (χ1n) is 6.08. The highest BCUT2D eigenvalue weighted by molar-refractivity contribution is 5.45. The van der Waals surface area contributed by atoms with Gasteiger partial charge in [0.2, 0.25) is 0 Å². The standard InChI is InChI=1S/C14H10F3N3O2/c1-8-5-10(4-3-9(8)7-18)20-12(21)6-11(14(15,16)17)19(2)13(20)22/h3-6H,1-2H3. The van der Waals surface area contributed by atoms with Crippen molar-refractivity contribution in [1.29, 1.82) is 5.26 Å². The second kappa shape index (κ2) is 5.18. The number of alkyl halides is 3. The predicted molar refractivity (Wildman–Crippen MR) is 71.7 cm³/mol. The molecule has 0 aliphatic heterocycles. The average molecular weight is 309 g/mol. The second-order valence-corrected chi connectivity index (χ2v) is 4.65. The minimum absolute atomic E-state index is 0.107. The maximum atomic E-state index is 12.8. The normalized spacial score (nSPS) is 11.3. The molecule has 0 aliphatic rings. The fraction of sp³-hybridized carbons (Fsp3) is 0.214. The van der Waals surface area contributed by atoms with Gasteiger partial charge in [-0.3, -0.25) is 9.36 Å². The number of hydrogen-bond acceptors (Lipinski definition) is 3. The molecule has 1 aromatic heterocycles. The molecule has 1 heterocycles. The summed E-state index contributed by atoms with van der Waals surface area (Å²) < 4.78 is 39.3. The topological polar surface area (TPSA) is 67.8 Å². The molecule has 0 aliphatic carbocycles. The highest BCUT2D eigenvalue weighted by atomic mass is 19.4. The van der Waals surface area contributed by atoms with Gasteiger partial charge in [0, 0.05) is 13.1 Å². The zero-order valence-corrected chi connectivity index (χ0v) is 11.6. The Balaban J connectivity index is 2.77. The summed E-state index contributed by atoms with van der Waals surface area (Å²) in [5.74, 6) is 0. The smallest absolute Gasteiger partial charge is 0.292 e. The number of aryl methyl sites for hydroxylation is 1. The number of halogens is 3. The van der Waals surface area contributed by atoms with Crippen molar-refractivity contribution in [1.82, 2.24) is 9.13 Å². The molecule has 0 saturated carbocycles. The summed E-state index contributed by atoms with van der Waals surface area (Å²) in [6.07, 6.45) is -4.80. The lowest BCUT2D eigenvalue weighted by molar-refractivity contribution is -0.144. The summed E-state index contributed by atoms with van der Waals surface area (Å²) in [5, 5.41) is 8.85. The first-order valence-corrected chi connectivity index (χ1v) is 6.08. The SMILES string of the molecule is Cc1cc(-n2c(=O)cc(C(F)(F)F)n(C)c2=O)ccc1C#N. The van der Waals surface area contributed by atoms with Crippen LogP contribution >= 0.6 is 0 Å². The van der Waals surface area contributed by atoms with Gasteiger partial charge >= 0.3 is 11.9 Å². The van der Waals surface area contributed by atoms with Gasteiger partial charge in [0.05, 0.1) is 17.3 Å². The van der Waals surface area contributed by atoms with Crippen LogP contribution in [0.15, 0.2) is 33.9 Å². The fourth-order valence-corrected chi connectivity index (χ4v) is 2.05. The summed E-state index contributed by atoms with van der Waals surface area (Å²) in [5.41, 5.74) is -2.54. The van der Waals surface area contributed by atoms with Crippen molar-refractivity contribution in [2.24, 2.45) is 7.05 Å². The summed E-state index contributed by atoms with van der Waals surface area (Å²) in [6, 6.07) is 6.42. The Kier molecular flexibility index (Phi) is 3.67. The minimum atomic E-state index is -4.80. The van der Waals surface area contributed by atoms with Gasteiger partial charge in [-0.15, -0.1) is 0 Å². The number of hydrogen-bond donors (Lipinski definition) is 0. The molecule has 2 aromatic rings. The van der Waals surface area contributed by atoms with E-state index in [-0.39, 0.29) is 5.69 Å². The highest BCUT2D eigenvalue weighted by Crippen LogP contribution is 2.27. The van der Waals surface area contributed by atoms with Crippen molar-refractivity contribution in [2.75, 3.05) is 0 Å². The van der Waals surface area contributed by atoms with E-state index in [1.165, 1.54) is 18.2 Å². The van der Waals surface area contributed by atoms with Gasteiger partial charge < -0.3 is 0 Å². The van der Waals surface area contributed by atoms with E-state index >= 15 is 0 Å². The summed E-state index contributed by atoms with van der Waals surface area (Å²) in [4.78, 5) is 24.0. The number of benzene rings is 1. The molecule has 8 heteroatoms. The number of rotatable bonds is 1. The fourth-order valence-electron chi connectivity index (χ4n) is 2.05. The second-order valence-electron chi connectivity index (χ2n) is 4.65. The van der Waals surface area contributed by atoms with Gasteiger partial charge in [-0.25, -0.2) is 9.36 Å². The van der Waals surface area contributed by atoms with Crippen LogP contribution in [-0.4, -0.2) is 9.13 Å². The molecule has 1 aromatic carbocycles. The first kappa shape index (κ1) is 15.6. The number of aromatic nitrogens is 2. The lowest BCUT2D eigenvalue weighted by atomic mass is 10.1. The predicted octanol–water partition coefficient (Wildman–Crippen LogP) is 1.74. The number of nitriles is 1. The Morgan fingerprint density at radius 2 is 1.82 bits per heavy atom. The van der Waals surface area contributed by atoms with E-state index in [0.717, 1.165) is 7.05 Å². The Bertz CT molecular complexity index is 902. The Morgan fingerprint density at radius 3 is 2.32 bits per heavy atom. The van der Waals surface area contributed by atoms with E-state index in [2.05, 4.69) is 0 Å². The summed E-state index contributed by atoms with van der Waals surface area (Å²) in [6.45, 7) is 1.60. The molecule has 5 nitrogen and oxygen atoms in total. The van der Waals surface area contributed by atoms with Gasteiger partial charge in [0.1, 0.15) is 5.69 Å². The van der Waals surface area contributed by atoms with Gasteiger partial charge in [-0.05, 0) is 30.7 Å². The third kappa shape index (κ3) is 2.53. The van der Waals surface area contributed by atoms with E-state index < -0.39 is 23.1 Å². The molecular weight excluding hydrogens is 299 g/mol. The third-order valence-corrected chi connectivity index (χ3v) is 3.20. The largest absolute Gasteiger partial charge is 0.431 e. The molecular formula is C14H10F3N3O2. The van der Waals surface area contributed by atoms with E-state index in [1.807, 2.05) is 6.07 Å². The molecule has 0 fully saturated rings. The third-order valence-electron chi connectivity index (χ3n) is 3.20. The monoisotopic (exact) mass is 309 g/mol. The molecule has 0 saturated heterocycles. The van der Waals surface area contributed by atoms with Crippen LogP contribution in [0.1, 0.15) is 16.8 Å². The van der Waals surface area contributed by atoms with Crippen molar-refractivity contribution >= 4 is 0 Å². The maximum Gasteiger partial charge on any atom is 0.431 e. The minimum Gasteiger partial charge on any atom is -0.292 e. The zero-order valence-electron chi connectivity index (χ0n) is 11.6. The first-order chi connectivity index (χ1) is 10.2. The van der Waals surface area contributed by atoms with E-state index in [1.54, 1.807) is 6.92 Å². The van der Waals surface area contributed by atoms with Crippen molar-refractivity contribution in [3.63, 3.8) is 0 Å². The van der Waals surface area contributed by atoms with Crippen LogP contribution in [0.5, 0.6) is 0 Å². The van der Waals surface area contributed by atoms with Crippen molar-refractivity contribution in [3.05, 3.63) is 61.9 Å². The molecule has 114 valence electrons. The molecule has 0 spiro atoms. The molecule has 0 unspecified atom stereocenters. The van der Waals surface area contributed by atoms with Crippen molar-refractivity contribution < 1.29 is 13.2 Å². The molecule has 0 amide bonds. The molecule has 0 radical (unpaired) electrons. The van der Waals surface area contributed by atoms with Crippen LogP contribution in [0.25, 0.3) is 5.69 Å². The molecule has 0 N–H and O–H groups in total. The van der Waals surface area contributed by atoms with Gasteiger partial charge in [-0.1, -0.05) is 0 Å². The lowest BCUT2D eigenvalue weighted by Gasteiger charge is -2.14. The molecule has 2 rings (SSSR count). The van der Waals surface area contributed by atoms with Crippen LogP contribution in [0, 0.1) is 18.3 Å². The van der Waals surface area contributed by atoms with E-state index in [0.29, 0.717) is 26.3 Å². The maximum absolute atomic E-state index is 12.8. The summed E-state index contributed by atoms with van der Waals surface area (Å²) in [7, 11) is 0.942.